The minimum atomic E-state index is -3.50. The molecule has 0 amide bonds. The second-order valence-electron chi connectivity index (χ2n) is 6.85. The van der Waals surface area contributed by atoms with Crippen LogP contribution in [0.1, 0.15) is 31.2 Å². The number of benzene rings is 1. The molecule has 2 aromatic rings. The van der Waals surface area contributed by atoms with Crippen molar-refractivity contribution >= 4 is 31.9 Å². The fraction of sp³-hybridized carbons (Fsp3) is 0.444. The summed E-state index contributed by atoms with van der Waals surface area (Å²) in [5.74, 6) is 0.804. The molecule has 0 radical (unpaired) electrons. The van der Waals surface area contributed by atoms with Crippen molar-refractivity contribution in [2.75, 3.05) is 25.2 Å². The van der Waals surface area contributed by atoms with E-state index in [1.807, 2.05) is 24.3 Å². The number of nitro groups is 1. The Bertz CT molecular complexity index is 946. The first-order valence-electron chi connectivity index (χ1n) is 8.62. The second kappa shape index (κ2) is 7.47. The molecule has 1 aromatic heterocycles. The number of rotatable bonds is 7. The molecule has 0 spiro atoms. The Morgan fingerprint density at radius 1 is 1.30 bits per heavy atom. The van der Waals surface area contributed by atoms with Crippen molar-refractivity contribution < 1.29 is 18.1 Å². The molecule has 7 nitrogen and oxygen atoms in total. The number of anilines is 1. The maximum absolute atomic E-state index is 11.8. The molecule has 146 valence electrons. The van der Waals surface area contributed by atoms with Gasteiger partial charge in [-0.05, 0) is 18.9 Å². The predicted molar refractivity (Wildman–Crippen MR) is 106 cm³/mol. The number of sulfone groups is 1. The molecule has 3 rings (SSSR count). The summed E-state index contributed by atoms with van der Waals surface area (Å²) in [6, 6.07) is 8.97. The molecule has 0 saturated heterocycles. The van der Waals surface area contributed by atoms with E-state index in [4.69, 9.17) is 4.74 Å². The van der Waals surface area contributed by atoms with Gasteiger partial charge in [-0.15, -0.1) is 0 Å². The standard InChI is InChI=1S/C18H22N2O5S2/c1-25-15-8-4-3-7-13(15)18(9-5-6-10-18)12-19-17-14(20(21)22)11-16(26-17)27(2,23)24/h3-4,7-8,11,19H,5-6,9-10,12H2,1-2H3. The third-order valence-electron chi connectivity index (χ3n) is 5.08. The third kappa shape index (κ3) is 3.93. The fourth-order valence-corrected chi connectivity index (χ4v) is 5.67. The Morgan fingerprint density at radius 3 is 2.56 bits per heavy atom. The molecule has 9 heteroatoms. The van der Waals surface area contributed by atoms with Crippen molar-refractivity contribution in [1.82, 2.24) is 0 Å². The Morgan fingerprint density at radius 2 is 1.96 bits per heavy atom. The summed E-state index contributed by atoms with van der Waals surface area (Å²) >= 11 is 0.910. The van der Waals surface area contributed by atoms with Gasteiger partial charge in [-0.25, -0.2) is 8.42 Å². The van der Waals surface area contributed by atoms with Crippen LogP contribution in [0.5, 0.6) is 5.75 Å². The molecule has 1 aromatic carbocycles. The van der Waals surface area contributed by atoms with E-state index in [-0.39, 0.29) is 20.3 Å². The van der Waals surface area contributed by atoms with E-state index < -0.39 is 14.8 Å². The summed E-state index contributed by atoms with van der Waals surface area (Å²) in [7, 11) is -1.86. The zero-order chi connectivity index (χ0) is 19.7. The van der Waals surface area contributed by atoms with Crippen LogP contribution in [0.15, 0.2) is 34.5 Å². The summed E-state index contributed by atoms with van der Waals surface area (Å²) in [5.41, 5.74) is 0.684. The topological polar surface area (TPSA) is 98.5 Å². The fourth-order valence-electron chi connectivity index (χ4n) is 3.73. The van der Waals surface area contributed by atoms with Crippen LogP contribution in [-0.4, -0.2) is 33.3 Å². The van der Waals surface area contributed by atoms with E-state index in [1.165, 1.54) is 0 Å². The molecule has 27 heavy (non-hydrogen) atoms. The smallest absolute Gasteiger partial charge is 0.304 e. The highest BCUT2D eigenvalue weighted by atomic mass is 32.2. The van der Waals surface area contributed by atoms with Crippen molar-refractivity contribution in [1.29, 1.82) is 0 Å². The molecule has 1 heterocycles. The molecule has 0 aliphatic heterocycles. The maximum atomic E-state index is 11.8. The van der Waals surface area contributed by atoms with Crippen molar-refractivity contribution in [2.24, 2.45) is 0 Å². The number of hydrogen-bond donors (Lipinski definition) is 1. The van der Waals surface area contributed by atoms with Crippen LogP contribution in [0.25, 0.3) is 0 Å². The van der Waals surface area contributed by atoms with Crippen molar-refractivity contribution in [3.05, 3.63) is 46.0 Å². The van der Waals surface area contributed by atoms with Gasteiger partial charge in [-0.2, -0.15) is 0 Å². The largest absolute Gasteiger partial charge is 0.496 e. The van der Waals surface area contributed by atoms with Gasteiger partial charge in [0, 0.05) is 29.8 Å². The van der Waals surface area contributed by atoms with Gasteiger partial charge in [-0.3, -0.25) is 10.1 Å². The Kier molecular flexibility index (Phi) is 5.43. The SMILES string of the molecule is COc1ccccc1C1(CNc2sc(S(C)(=O)=O)cc2[N+](=O)[O-])CCCC1. The van der Waals surface area contributed by atoms with Crippen LogP contribution >= 0.6 is 11.3 Å². The minimum Gasteiger partial charge on any atom is -0.496 e. The van der Waals surface area contributed by atoms with Gasteiger partial charge in [0.2, 0.25) is 0 Å². The van der Waals surface area contributed by atoms with Crippen LogP contribution in [-0.2, 0) is 15.3 Å². The lowest BCUT2D eigenvalue weighted by Gasteiger charge is -2.31. The first kappa shape index (κ1) is 19.6. The van der Waals surface area contributed by atoms with Crippen LogP contribution in [0, 0.1) is 10.1 Å². The first-order valence-corrected chi connectivity index (χ1v) is 11.3. The van der Waals surface area contributed by atoms with Gasteiger partial charge < -0.3 is 10.1 Å². The second-order valence-corrected chi connectivity index (χ2v) is 10.1. The normalized spacial score (nSPS) is 16.2. The lowest BCUT2D eigenvalue weighted by molar-refractivity contribution is -0.383. The zero-order valence-corrected chi connectivity index (χ0v) is 16.9. The minimum absolute atomic E-state index is 0.00513. The Balaban J connectivity index is 1.94. The predicted octanol–water partition coefficient (Wildman–Crippen LogP) is 3.99. The number of hydrogen-bond acceptors (Lipinski definition) is 7. The number of nitrogens with zero attached hydrogens (tertiary/aromatic N) is 1. The summed E-state index contributed by atoms with van der Waals surface area (Å²) in [5, 5.41) is 14.8. The van der Waals surface area contributed by atoms with Gasteiger partial charge in [0.05, 0.1) is 12.0 Å². The molecule has 1 N–H and O–H groups in total. The number of thiophene rings is 1. The zero-order valence-electron chi connectivity index (χ0n) is 15.2. The molecule has 1 aliphatic carbocycles. The van der Waals surface area contributed by atoms with Crippen molar-refractivity contribution in [2.45, 2.75) is 35.3 Å². The molecular weight excluding hydrogens is 388 g/mol. The van der Waals surface area contributed by atoms with Gasteiger partial charge in [0.25, 0.3) is 0 Å². The van der Waals surface area contributed by atoms with Crippen LogP contribution in [0.3, 0.4) is 0 Å². The Hall–Kier alpha value is -2.13. The molecule has 0 unspecified atom stereocenters. The average Bonchev–Trinajstić information content (AvgIpc) is 3.27. The quantitative estimate of drug-likeness (QED) is 0.547. The monoisotopic (exact) mass is 410 g/mol. The number of para-hydroxylation sites is 1. The Labute approximate surface area is 162 Å². The highest BCUT2D eigenvalue weighted by molar-refractivity contribution is 7.92. The van der Waals surface area contributed by atoms with Gasteiger partial charge in [-0.1, -0.05) is 42.4 Å². The molecule has 0 atom stereocenters. The third-order valence-corrected chi connectivity index (χ3v) is 7.96. The molecule has 1 aliphatic rings. The average molecular weight is 411 g/mol. The van der Waals surface area contributed by atoms with Crippen molar-refractivity contribution in [3.8, 4) is 5.75 Å². The van der Waals surface area contributed by atoms with E-state index in [1.54, 1.807) is 7.11 Å². The number of methoxy groups -OCH3 is 1. The van der Waals surface area contributed by atoms with Gasteiger partial charge in [0.15, 0.2) is 14.8 Å². The molecule has 1 fully saturated rings. The lowest BCUT2D eigenvalue weighted by atomic mass is 9.78. The number of ether oxygens (including phenoxy) is 1. The van der Waals surface area contributed by atoms with E-state index in [0.29, 0.717) is 6.54 Å². The maximum Gasteiger partial charge on any atom is 0.304 e. The van der Waals surface area contributed by atoms with Crippen molar-refractivity contribution in [3.63, 3.8) is 0 Å². The summed E-state index contributed by atoms with van der Waals surface area (Å²) in [4.78, 5) is 10.8. The van der Waals surface area contributed by atoms with Gasteiger partial charge >= 0.3 is 5.69 Å². The lowest BCUT2D eigenvalue weighted by Crippen LogP contribution is -2.31. The summed E-state index contributed by atoms with van der Waals surface area (Å²) < 4.78 is 29.1. The van der Waals surface area contributed by atoms with Crippen LogP contribution < -0.4 is 10.1 Å². The molecular formula is C18H22N2O5S2. The summed E-state index contributed by atoms with van der Waals surface area (Å²) in [6.45, 7) is 0.484. The number of nitrogens with one attached hydrogen (secondary N) is 1. The van der Waals surface area contributed by atoms with E-state index in [2.05, 4.69) is 5.32 Å². The molecule has 1 saturated carbocycles. The van der Waals surface area contributed by atoms with Crippen LogP contribution in [0.4, 0.5) is 10.7 Å². The molecule has 0 bridgehead atoms. The van der Waals surface area contributed by atoms with Crippen LogP contribution in [0.2, 0.25) is 0 Å². The highest BCUT2D eigenvalue weighted by Crippen LogP contribution is 2.46. The first-order chi connectivity index (χ1) is 12.8. The van der Waals surface area contributed by atoms with Gasteiger partial charge in [0.1, 0.15) is 9.96 Å². The summed E-state index contributed by atoms with van der Waals surface area (Å²) in [6.07, 6.45) is 5.08. The van der Waals surface area contributed by atoms with E-state index in [9.17, 15) is 18.5 Å². The van der Waals surface area contributed by atoms with E-state index >= 15 is 0 Å². The van der Waals surface area contributed by atoms with E-state index in [0.717, 1.165) is 60.7 Å². The highest BCUT2D eigenvalue weighted by Gasteiger charge is 2.38.